The lowest BCUT2D eigenvalue weighted by atomic mass is 9.78. The lowest BCUT2D eigenvalue weighted by Crippen LogP contribution is -2.35. The Morgan fingerprint density at radius 1 is 1.22 bits per heavy atom. The Morgan fingerprint density at radius 3 is 2.85 bits per heavy atom. The Morgan fingerprint density at radius 2 is 2.07 bits per heavy atom. The third-order valence-electron chi connectivity index (χ3n) is 4.87. The molecule has 0 bridgehead atoms. The largest absolute Gasteiger partial charge is 0.377 e. The smallest absolute Gasteiger partial charge is 0.156 e. The normalized spacial score (nSPS) is 19.2. The van der Waals surface area contributed by atoms with Crippen molar-refractivity contribution >= 4 is 27.4 Å². The molecule has 27 heavy (non-hydrogen) atoms. The van der Waals surface area contributed by atoms with Crippen molar-refractivity contribution in [3.63, 3.8) is 0 Å². The number of ether oxygens (including phenoxy) is 1. The first-order valence-electron chi connectivity index (χ1n) is 9.42. The van der Waals surface area contributed by atoms with Crippen LogP contribution in [0.5, 0.6) is 0 Å². The number of fused-ring (bicyclic) bond motifs is 1. The second-order valence-electron chi connectivity index (χ2n) is 7.06. The third kappa shape index (κ3) is 4.43. The molecule has 1 saturated carbocycles. The average Bonchev–Trinajstić information content (AvgIpc) is 3.05. The summed E-state index contributed by atoms with van der Waals surface area (Å²) in [7, 11) is 1.67. The zero-order valence-corrected chi connectivity index (χ0v) is 16.3. The van der Waals surface area contributed by atoms with Crippen LogP contribution in [0.4, 0.5) is 5.82 Å². The molecule has 0 amide bonds. The highest BCUT2D eigenvalue weighted by Crippen LogP contribution is 2.35. The highest BCUT2D eigenvalue weighted by atomic mass is 32.1. The Balaban J connectivity index is 1.35. The van der Waals surface area contributed by atoms with Crippen LogP contribution in [0.15, 0.2) is 30.3 Å². The molecule has 0 spiro atoms. The molecular weight excluding hydrogens is 358 g/mol. The summed E-state index contributed by atoms with van der Waals surface area (Å²) < 4.78 is 6.47. The van der Waals surface area contributed by atoms with Crippen molar-refractivity contribution in [2.45, 2.75) is 44.2 Å². The van der Waals surface area contributed by atoms with Gasteiger partial charge in [0.05, 0.1) is 15.2 Å². The van der Waals surface area contributed by atoms with Gasteiger partial charge in [-0.15, -0.1) is 11.3 Å². The molecule has 7 heteroatoms. The van der Waals surface area contributed by atoms with E-state index in [1.54, 1.807) is 18.4 Å². The fourth-order valence-electron chi connectivity index (χ4n) is 3.40. The monoisotopic (exact) mass is 383 g/mol. The summed E-state index contributed by atoms with van der Waals surface area (Å²) in [6.45, 7) is 1.27. The number of aromatic nitrogens is 3. The number of methoxy groups -OCH3 is 1. The molecular formula is C20H25N5OS. The standard InChI is InChI=1S/C20H25N5OS/c1-26-12-19-23-16(13-9-14(21)10-13)11-18(25-19)22-8-4-7-20-24-15-5-2-3-6-17(15)27-20/h2-3,5-6,11,13-14H,4,7-10,12,21H2,1H3,(H,22,23,25). The zero-order valence-electron chi connectivity index (χ0n) is 15.5. The molecule has 1 aliphatic carbocycles. The molecule has 0 saturated heterocycles. The number of thiazole rings is 1. The van der Waals surface area contributed by atoms with E-state index in [1.807, 2.05) is 6.07 Å². The number of nitrogens with two attached hydrogens (primary N) is 1. The van der Waals surface area contributed by atoms with Gasteiger partial charge in [0, 0.05) is 43.8 Å². The number of benzene rings is 1. The zero-order chi connectivity index (χ0) is 18.6. The van der Waals surface area contributed by atoms with E-state index >= 15 is 0 Å². The van der Waals surface area contributed by atoms with Gasteiger partial charge < -0.3 is 15.8 Å². The Bertz CT molecular complexity index is 873. The highest BCUT2D eigenvalue weighted by molar-refractivity contribution is 7.18. The molecule has 1 fully saturated rings. The SMILES string of the molecule is COCc1nc(NCCCc2nc3ccccc3s2)cc(C2CC(N)C2)n1. The fraction of sp³-hybridized carbons (Fsp3) is 0.450. The minimum atomic E-state index is 0.307. The van der Waals surface area contributed by atoms with E-state index in [2.05, 4.69) is 39.6 Å². The highest BCUT2D eigenvalue weighted by Gasteiger charge is 2.29. The molecule has 2 heterocycles. The van der Waals surface area contributed by atoms with Crippen LogP contribution in [0.25, 0.3) is 10.2 Å². The van der Waals surface area contributed by atoms with Crippen molar-refractivity contribution in [1.29, 1.82) is 0 Å². The number of hydrogen-bond donors (Lipinski definition) is 2. The summed E-state index contributed by atoms with van der Waals surface area (Å²) in [4.78, 5) is 13.9. The number of para-hydroxylation sites is 1. The fourth-order valence-corrected chi connectivity index (χ4v) is 4.41. The quantitative estimate of drug-likeness (QED) is 0.579. The maximum Gasteiger partial charge on any atom is 0.156 e. The summed E-state index contributed by atoms with van der Waals surface area (Å²) in [5.74, 6) is 2.04. The number of nitrogens with one attached hydrogen (secondary N) is 1. The van der Waals surface area contributed by atoms with E-state index < -0.39 is 0 Å². The van der Waals surface area contributed by atoms with Crippen LogP contribution in [0, 0.1) is 0 Å². The van der Waals surface area contributed by atoms with Gasteiger partial charge in [-0.3, -0.25) is 0 Å². The van der Waals surface area contributed by atoms with Crippen LogP contribution in [-0.2, 0) is 17.8 Å². The molecule has 4 rings (SSSR count). The topological polar surface area (TPSA) is 86.0 Å². The molecule has 0 unspecified atom stereocenters. The lowest BCUT2D eigenvalue weighted by Gasteiger charge is -2.32. The van der Waals surface area contributed by atoms with E-state index in [0.717, 1.165) is 55.1 Å². The van der Waals surface area contributed by atoms with Crippen molar-refractivity contribution in [2.24, 2.45) is 5.73 Å². The summed E-state index contributed by atoms with van der Waals surface area (Å²) in [5, 5.41) is 4.63. The summed E-state index contributed by atoms with van der Waals surface area (Å²) >= 11 is 1.78. The minimum Gasteiger partial charge on any atom is -0.377 e. The Kier molecular flexibility index (Phi) is 5.61. The van der Waals surface area contributed by atoms with Crippen LogP contribution < -0.4 is 11.1 Å². The van der Waals surface area contributed by atoms with Gasteiger partial charge in [0.15, 0.2) is 5.82 Å². The average molecular weight is 384 g/mol. The van der Waals surface area contributed by atoms with Crippen molar-refractivity contribution in [3.05, 3.63) is 46.9 Å². The van der Waals surface area contributed by atoms with Gasteiger partial charge >= 0.3 is 0 Å². The molecule has 0 radical (unpaired) electrons. The second kappa shape index (κ2) is 8.29. The number of rotatable bonds is 8. The molecule has 3 aromatic rings. The van der Waals surface area contributed by atoms with E-state index in [4.69, 9.17) is 15.5 Å². The van der Waals surface area contributed by atoms with E-state index in [-0.39, 0.29) is 0 Å². The minimum absolute atomic E-state index is 0.307. The molecule has 1 aromatic carbocycles. The van der Waals surface area contributed by atoms with Gasteiger partial charge in [0.2, 0.25) is 0 Å². The van der Waals surface area contributed by atoms with Gasteiger partial charge in [-0.1, -0.05) is 12.1 Å². The summed E-state index contributed by atoms with van der Waals surface area (Å²) in [6.07, 6.45) is 3.97. The first-order valence-corrected chi connectivity index (χ1v) is 10.2. The number of hydrogen-bond acceptors (Lipinski definition) is 7. The van der Waals surface area contributed by atoms with Gasteiger partial charge in [-0.25, -0.2) is 15.0 Å². The van der Waals surface area contributed by atoms with Gasteiger partial charge in [0.1, 0.15) is 12.4 Å². The Labute approximate surface area is 163 Å². The second-order valence-corrected chi connectivity index (χ2v) is 8.18. The summed E-state index contributed by atoms with van der Waals surface area (Å²) in [5.41, 5.74) is 8.10. The molecule has 6 nitrogen and oxygen atoms in total. The summed E-state index contributed by atoms with van der Waals surface area (Å²) in [6, 6.07) is 10.7. The first kappa shape index (κ1) is 18.3. The van der Waals surface area contributed by atoms with Crippen LogP contribution in [-0.4, -0.2) is 34.6 Å². The van der Waals surface area contributed by atoms with Crippen LogP contribution in [0.2, 0.25) is 0 Å². The van der Waals surface area contributed by atoms with Crippen LogP contribution in [0.1, 0.15) is 41.7 Å². The Hall–Kier alpha value is -2.09. The van der Waals surface area contributed by atoms with Gasteiger partial charge in [-0.05, 0) is 31.4 Å². The molecule has 1 aliphatic rings. The molecule has 142 valence electrons. The molecule has 0 aliphatic heterocycles. The van der Waals surface area contributed by atoms with Crippen molar-refractivity contribution in [3.8, 4) is 0 Å². The molecule has 2 aromatic heterocycles. The van der Waals surface area contributed by atoms with Crippen molar-refractivity contribution < 1.29 is 4.74 Å². The van der Waals surface area contributed by atoms with Crippen LogP contribution >= 0.6 is 11.3 Å². The van der Waals surface area contributed by atoms with Crippen molar-refractivity contribution in [2.75, 3.05) is 19.0 Å². The maximum absolute atomic E-state index is 5.93. The first-order chi connectivity index (χ1) is 13.2. The van der Waals surface area contributed by atoms with Crippen molar-refractivity contribution in [1.82, 2.24) is 15.0 Å². The predicted octanol–water partition coefficient (Wildman–Crippen LogP) is 3.48. The third-order valence-corrected chi connectivity index (χ3v) is 5.97. The predicted molar refractivity (Wildman–Crippen MR) is 109 cm³/mol. The number of aryl methyl sites for hydroxylation is 1. The van der Waals surface area contributed by atoms with E-state index in [0.29, 0.717) is 18.6 Å². The molecule has 3 N–H and O–H groups in total. The van der Waals surface area contributed by atoms with Crippen LogP contribution in [0.3, 0.4) is 0 Å². The lowest BCUT2D eigenvalue weighted by molar-refractivity contribution is 0.177. The van der Waals surface area contributed by atoms with Gasteiger partial charge in [-0.2, -0.15) is 0 Å². The molecule has 0 atom stereocenters. The van der Waals surface area contributed by atoms with Gasteiger partial charge in [0.25, 0.3) is 0 Å². The number of nitrogens with zero attached hydrogens (tertiary/aromatic N) is 3. The number of anilines is 1. The van der Waals surface area contributed by atoms with E-state index in [9.17, 15) is 0 Å². The van der Waals surface area contributed by atoms with E-state index in [1.165, 1.54) is 9.71 Å². The maximum atomic E-state index is 5.93.